The van der Waals surface area contributed by atoms with E-state index in [1.54, 1.807) is 18.5 Å². The maximum atomic E-state index is 8.96. The van der Waals surface area contributed by atoms with Crippen molar-refractivity contribution >= 4 is 5.69 Å². The van der Waals surface area contributed by atoms with Gasteiger partial charge in [0.2, 0.25) is 0 Å². The summed E-state index contributed by atoms with van der Waals surface area (Å²) in [5.74, 6) is 0. The predicted octanol–water partition coefficient (Wildman–Crippen LogP) is 2.70. The molecule has 0 aliphatic heterocycles. The second-order valence-corrected chi connectivity index (χ2v) is 4.15. The standard InChI is InChI=1S/C12H15N3/c1-2-12(5-3-6-12)15-11-9-14-7-4-10(11)8-13/h4,7,9,15H,2-3,5-6H2,1H3. The molecule has 78 valence electrons. The third-order valence-electron chi connectivity index (χ3n) is 3.33. The van der Waals surface area contributed by atoms with E-state index in [4.69, 9.17) is 5.26 Å². The maximum absolute atomic E-state index is 8.96. The van der Waals surface area contributed by atoms with Crippen LogP contribution in [0.25, 0.3) is 0 Å². The Bertz CT molecular complexity index is 383. The first kappa shape index (κ1) is 9.97. The predicted molar refractivity (Wildman–Crippen MR) is 59.4 cm³/mol. The number of hydrogen-bond acceptors (Lipinski definition) is 3. The van der Waals surface area contributed by atoms with E-state index in [2.05, 4.69) is 23.3 Å². The highest BCUT2D eigenvalue weighted by Gasteiger charge is 2.35. The monoisotopic (exact) mass is 201 g/mol. The Morgan fingerprint density at radius 1 is 1.60 bits per heavy atom. The number of nitriles is 1. The molecule has 1 aliphatic carbocycles. The molecular weight excluding hydrogens is 186 g/mol. The Kier molecular flexibility index (Phi) is 2.59. The van der Waals surface area contributed by atoms with Gasteiger partial charge in [0, 0.05) is 11.7 Å². The topological polar surface area (TPSA) is 48.7 Å². The zero-order valence-electron chi connectivity index (χ0n) is 8.95. The third kappa shape index (κ3) is 1.80. The number of pyridine rings is 1. The molecule has 3 heteroatoms. The molecule has 0 radical (unpaired) electrons. The van der Waals surface area contributed by atoms with Crippen LogP contribution >= 0.6 is 0 Å². The Balaban J connectivity index is 2.20. The average Bonchev–Trinajstić information content (AvgIpc) is 2.24. The minimum absolute atomic E-state index is 0.217. The Morgan fingerprint density at radius 3 is 2.93 bits per heavy atom. The van der Waals surface area contributed by atoms with Crippen molar-refractivity contribution < 1.29 is 0 Å². The number of anilines is 1. The van der Waals surface area contributed by atoms with E-state index in [0.717, 1.165) is 12.1 Å². The SMILES string of the molecule is CCC1(Nc2cnccc2C#N)CCC1. The average molecular weight is 201 g/mol. The number of rotatable bonds is 3. The van der Waals surface area contributed by atoms with Crippen molar-refractivity contribution in [1.82, 2.24) is 4.98 Å². The molecule has 0 spiro atoms. The number of aromatic nitrogens is 1. The van der Waals surface area contributed by atoms with Gasteiger partial charge >= 0.3 is 0 Å². The van der Waals surface area contributed by atoms with Crippen molar-refractivity contribution in [2.75, 3.05) is 5.32 Å². The van der Waals surface area contributed by atoms with Gasteiger partial charge in [-0.3, -0.25) is 4.98 Å². The van der Waals surface area contributed by atoms with Crippen LogP contribution in [-0.4, -0.2) is 10.5 Å². The molecule has 0 aromatic carbocycles. The zero-order valence-corrected chi connectivity index (χ0v) is 8.95. The highest BCUT2D eigenvalue weighted by atomic mass is 15.0. The van der Waals surface area contributed by atoms with Crippen molar-refractivity contribution in [1.29, 1.82) is 5.26 Å². The van der Waals surface area contributed by atoms with E-state index in [1.807, 2.05) is 0 Å². The van der Waals surface area contributed by atoms with Gasteiger partial charge < -0.3 is 5.32 Å². The summed E-state index contributed by atoms with van der Waals surface area (Å²) in [6.07, 6.45) is 8.18. The lowest BCUT2D eigenvalue weighted by Gasteiger charge is -2.43. The van der Waals surface area contributed by atoms with E-state index < -0.39 is 0 Å². The van der Waals surface area contributed by atoms with Crippen molar-refractivity contribution in [3.8, 4) is 6.07 Å². The summed E-state index contributed by atoms with van der Waals surface area (Å²) >= 11 is 0. The summed E-state index contributed by atoms with van der Waals surface area (Å²) in [5.41, 5.74) is 1.78. The summed E-state index contributed by atoms with van der Waals surface area (Å²) in [4.78, 5) is 4.06. The van der Waals surface area contributed by atoms with Gasteiger partial charge in [0.05, 0.1) is 17.4 Å². The lowest BCUT2D eigenvalue weighted by atomic mass is 9.74. The molecule has 1 aromatic rings. The fourth-order valence-corrected chi connectivity index (χ4v) is 2.05. The van der Waals surface area contributed by atoms with Crippen molar-refractivity contribution in [2.24, 2.45) is 0 Å². The number of hydrogen-bond donors (Lipinski definition) is 1. The van der Waals surface area contributed by atoms with E-state index >= 15 is 0 Å². The quantitative estimate of drug-likeness (QED) is 0.818. The molecule has 0 saturated heterocycles. The van der Waals surface area contributed by atoms with Gasteiger partial charge in [-0.2, -0.15) is 5.26 Å². The van der Waals surface area contributed by atoms with Gasteiger partial charge in [-0.05, 0) is 31.7 Å². The maximum Gasteiger partial charge on any atom is 0.101 e. The molecule has 1 N–H and O–H groups in total. The zero-order chi connectivity index (χ0) is 10.7. The van der Waals surface area contributed by atoms with Crippen LogP contribution in [-0.2, 0) is 0 Å². The lowest BCUT2D eigenvalue weighted by molar-refractivity contribution is 0.269. The van der Waals surface area contributed by atoms with Gasteiger partial charge in [0.1, 0.15) is 6.07 Å². The van der Waals surface area contributed by atoms with Crippen LogP contribution in [0.1, 0.15) is 38.2 Å². The molecule has 0 amide bonds. The first-order valence-electron chi connectivity index (χ1n) is 5.42. The molecule has 3 nitrogen and oxygen atoms in total. The molecule has 1 aliphatic rings. The minimum Gasteiger partial charge on any atom is -0.377 e. The first-order chi connectivity index (χ1) is 7.29. The van der Waals surface area contributed by atoms with Crippen molar-refractivity contribution in [3.63, 3.8) is 0 Å². The highest BCUT2D eigenvalue weighted by molar-refractivity contribution is 5.57. The molecule has 1 aromatic heterocycles. The fraction of sp³-hybridized carbons (Fsp3) is 0.500. The van der Waals surface area contributed by atoms with E-state index in [0.29, 0.717) is 5.56 Å². The van der Waals surface area contributed by atoms with Gasteiger partial charge in [0.15, 0.2) is 0 Å². The minimum atomic E-state index is 0.217. The Morgan fingerprint density at radius 2 is 2.40 bits per heavy atom. The molecular formula is C12H15N3. The molecule has 0 bridgehead atoms. The van der Waals surface area contributed by atoms with Crippen LogP contribution in [0, 0.1) is 11.3 Å². The smallest absolute Gasteiger partial charge is 0.101 e. The van der Waals surface area contributed by atoms with Crippen LogP contribution in [0.15, 0.2) is 18.5 Å². The second-order valence-electron chi connectivity index (χ2n) is 4.15. The molecule has 15 heavy (non-hydrogen) atoms. The molecule has 1 saturated carbocycles. The van der Waals surface area contributed by atoms with Crippen LogP contribution < -0.4 is 5.32 Å². The van der Waals surface area contributed by atoms with E-state index in [1.165, 1.54) is 19.3 Å². The molecule has 1 fully saturated rings. The van der Waals surface area contributed by atoms with E-state index in [-0.39, 0.29) is 5.54 Å². The first-order valence-corrected chi connectivity index (χ1v) is 5.42. The highest BCUT2D eigenvalue weighted by Crippen LogP contribution is 2.38. The van der Waals surface area contributed by atoms with Gasteiger partial charge in [0.25, 0.3) is 0 Å². The van der Waals surface area contributed by atoms with Crippen LogP contribution in [0.5, 0.6) is 0 Å². The van der Waals surface area contributed by atoms with E-state index in [9.17, 15) is 0 Å². The normalized spacial score (nSPS) is 17.6. The second kappa shape index (κ2) is 3.90. The molecule has 0 unspecified atom stereocenters. The lowest BCUT2D eigenvalue weighted by Crippen LogP contribution is -2.44. The largest absolute Gasteiger partial charge is 0.377 e. The Labute approximate surface area is 90.1 Å². The van der Waals surface area contributed by atoms with Crippen LogP contribution in [0.2, 0.25) is 0 Å². The van der Waals surface area contributed by atoms with Crippen molar-refractivity contribution in [2.45, 2.75) is 38.1 Å². The molecule has 0 atom stereocenters. The van der Waals surface area contributed by atoms with Crippen molar-refractivity contribution in [3.05, 3.63) is 24.0 Å². The Hall–Kier alpha value is -1.56. The third-order valence-corrected chi connectivity index (χ3v) is 3.33. The fourth-order valence-electron chi connectivity index (χ4n) is 2.05. The number of nitrogens with one attached hydrogen (secondary N) is 1. The van der Waals surface area contributed by atoms with Gasteiger partial charge in [-0.25, -0.2) is 0 Å². The summed E-state index contributed by atoms with van der Waals surface area (Å²) in [5, 5.41) is 12.4. The van der Waals surface area contributed by atoms with Crippen LogP contribution in [0.3, 0.4) is 0 Å². The van der Waals surface area contributed by atoms with Crippen LogP contribution in [0.4, 0.5) is 5.69 Å². The summed E-state index contributed by atoms with van der Waals surface area (Å²) in [7, 11) is 0. The summed E-state index contributed by atoms with van der Waals surface area (Å²) in [6, 6.07) is 3.94. The number of nitrogens with zero attached hydrogens (tertiary/aromatic N) is 2. The molecule has 1 heterocycles. The summed E-state index contributed by atoms with van der Waals surface area (Å²) < 4.78 is 0. The molecule has 2 rings (SSSR count). The summed E-state index contributed by atoms with van der Waals surface area (Å²) in [6.45, 7) is 2.19. The van der Waals surface area contributed by atoms with Gasteiger partial charge in [-0.1, -0.05) is 6.92 Å². The van der Waals surface area contributed by atoms with Gasteiger partial charge in [-0.15, -0.1) is 0 Å².